The fraction of sp³-hybridized carbons (Fsp3) is 0.800. The van der Waals surface area contributed by atoms with Crippen LogP contribution in [-0.4, -0.2) is 18.6 Å². The van der Waals surface area contributed by atoms with Crippen molar-refractivity contribution >= 4 is 30.8 Å². The van der Waals surface area contributed by atoms with Gasteiger partial charge < -0.3 is 10.5 Å². The third-order valence-corrected chi connectivity index (χ3v) is 0.658. The van der Waals surface area contributed by atoms with Crippen LogP contribution >= 0.6 is 24.8 Å². The van der Waals surface area contributed by atoms with Gasteiger partial charge in [0.05, 0.1) is 6.61 Å². The second-order valence-corrected chi connectivity index (χ2v) is 1.54. The molecule has 0 aliphatic heterocycles. The topological polar surface area (TPSA) is 52.3 Å². The average Bonchev–Trinajstić information content (AvgIpc) is 1.67. The van der Waals surface area contributed by atoms with Gasteiger partial charge in [-0.2, -0.15) is 0 Å². The molecule has 0 fully saturated rings. The molecular weight excluding hydrogens is 177 g/mol. The molecule has 0 aliphatic rings. The standard InChI is InChI=1S/C5H11NO2.2ClH/c1-3-8-5(7)4(2)6;;/h4H,3,6H2,1-2H3;2*1H/t4-;;/m0../s1. The Morgan fingerprint density at radius 1 is 1.60 bits per heavy atom. The Balaban J connectivity index is -0.000000245. The van der Waals surface area contributed by atoms with Crippen LogP contribution in [0.4, 0.5) is 0 Å². The summed E-state index contributed by atoms with van der Waals surface area (Å²) in [5, 5.41) is 0. The van der Waals surface area contributed by atoms with Crippen molar-refractivity contribution in [2.75, 3.05) is 6.61 Å². The highest BCUT2D eigenvalue weighted by molar-refractivity contribution is 5.85. The van der Waals surface area contributed by atoms with Crippen LogP contribution < -0.4 is 5.73 Å². The molecule has 0 aliphatic carbocycles. The largest absolute Gasteiger partial charge is 0.465 e. The van der Waals surface area contributed by atoms with Gasteiger partial charge in [0.2, 0.25) is 0 Å². The Kier molecular flexibility index (Phi) is 14.9. The molecule has 0 saturated heterocycles. The highest BCUT2D eigenvalue weighted by Crippen LogP contribution is 1.80. The second-order valence-electron chi connectivity index (χ2n) is 1.54. The molecule has 1 atom stereocenters. The lowest BCUT2D eigenvalue weighted by atomic mass is 10.4. The first-order valence-electron chi connectivity index (χ1n) is 2.60. The lowest BCUT2D eigenvalue weighted by molar-refractivity contribution is -0.144. The van der Waals surface area contributed by atoms with Crippen LogP contribution in [0, 0.1) is 0 Å². The van der Waals surface area contributed by atoms with Crippen molar-refractivity contribution in [3.8, 4) is 0 Å². The smallest absolute Gasteiger partial charge is 0.322 e. The maximum Gasteiger partial charge on any atom is 0.322 e. The zero-order valence-corrected chi connectivity index (χ0v) is 7.63. The van der Waals surface area contributed by atoms with E-state index in [0.717, 1.165) is 0 Å². The molecular formula is C5H13Cl2NO2. The first kappa shape index (κ1) is 16.5. The summed E-state index contributed by atoms with van der Waals surface area (Å²) in [7, 11) is 0. The lowest BCUT2D eigenvalue weighted by Gasteiger charge is -2.02. The van der Waals surface area contributed by atoms with Gasteiger partial charge in [-0.3, -0.25) is 4.79 Å². The number of rotatable bonds is 2. The van der Waals surface area contributed by atoms with Gasteiger partial charge in [-0.1, -0.05) is 0 Å². The van der Waals surface area contributed by atoms with Gasteiger partial charge in [-0.25, -0.2) is 0 Å². The van der Waals surface area contributed by atoms with E-state index in [1.54, 1.807) is 13.8 Å². The first-order chi connectivity index (χ1) is 3.68. The summed E-state index contributed by atoms with van der Waals surface area (Å²) >= 11 is 0. The quantitative estimate of drug-likeness (QED) is 0.653. The molecule has 2 N–H and O–H groups in total. The van der Waals surface area contributed by atoms with Crippen molar-refractivity contribution in [1.82, 2.24) is 0 Å². The number of carbonyl (C=O) groups is 1. The van der Waals surface area contributed by atoms with Crippen LogP contribution in [0.15, 0.2) is 0 Å². The monoisotopic (exact) mass is 189 g/mol. The maximum absolute atomic E-state index is 10.4. The normalized spacial score (nSPS) is 10.3. The van der Waals surface area contributed by atoms with Crippen LogP contribution in [0.3, 0.4) is 0 Å². The van der Waals surface area contributed by atoms with Crippen LogP contribution in [0.5, 0.6) is 0 Å². The summed E-state index contributed by atoms with van der Waals surface area (Å²) in [6.45, 7) is 3.75. The molecule has 10 heavy (non-hydrogen) atoms. The van der Waals surface area contributed by atoms with Gasteiger partial charge in [0, 0.05) is 0 Å². The van der Waals surface area contributed by atoms with Crippen molar-refractivity contribution in [3.63, 3.8) is 0 Å². The van der Waals surface area contributed by atoms with Crippen molar-refractivity contribution in [3.05, 3.63) is 0 Å². The van der Waals surface area contributed by atoms with E-state index in [4.69, 9.17) is 5.73 Å². The Bertz CT molecular complexity index is 87.7. The number of hydrogen-bond donors (Lipinski definition) is 1. The van der Waals surface area contributed by atoms with Gasteiger partial charge in [0.1, 0.15) is 6.04 Å². The van der Waals surface area contributed by atoms with E-state index in [-0.39, 0.29) is 30.8 Å². The molecule has 0 spiro atoms. The Hall–Kier alpha value is 0.01000. The Morgan fingerprint density at radius 3 is 2.10 bits per heavy atom. The molecule has 0 saturated carbocycles. The molecule has 0 rings (SSSR count). The predicted molar refractivity (Wildman–Crippen MR) is 44.8 cm³/mol. The summed E-state index contributed by atoms with van der Waals surface area (Å²) < 4.78 is 4.54. The van der Waals surface area contributed by atoms with Gasteiger partial charge in [-0.15, -0.1) is 24.8 Å². The molecule has 0 aromatic rings. The van der Waals surface area contributed by atoms with E-state index in [1.165, 1.54) is 0 Å². The second kappa shape index (κ2) is 9.01. The van der Waals surface area contributed by atoms with Crippen molar-refractivity contribution in [2.24, 2.45) is 5.73 Å². The Morgan fingerprint density at radius 2 is 2.00 bits per heavy atom. The molecule has 0 aromatic carbocycles. The minimum atomic E-state index is -0.491. The average molecular weight is 190 g/mol. The van der Waals surface area contributed by atoms with Crippen molar-refractivity contribution in [1.29, 1.82) is 0 Å². The highest BCUT2D eigenvalue weighted by atomic mass is 35.5. The summed E-state index contributed by atoms with van der Waals surface area (Å²) in [6, 6.07) is -0.491. The minimum Gasteiger partial charge on any atom is -0.465 e. The third-order valence-electron chi connectivity index (χ3n) is 0.658. The van der Waals surface area contributed by atoms with Crippen LogP contribution in [0.1, 0.15) is 13.8 Å². The molecule has 0 unspecified atom stereocenters. The number of nitrogens with two attached hydrogens (primary N) is 1. The molecule has 3 nitrogen and oxygen atoms in total. The zero-order chi connectivity index (χ0) is 6.57. The molecule has 0 heterocycles. The summed E-state index contributed by atoms with van der Waals surface area (Å²) in [6.07, 6.45) is 0. The van der Waals surface area contributed by atoms with E-state index in [1.807, 2.05) is 0 Å². The SMILES string of the molecule is CCOC(=O)[C@H](C)N.Cl.Cl. The van der Waals surface area contributed by atoms with Gasteiger partial charge >= 0.3 is 5.97 Å². The van der Waals surface area contributed by atoms with Crippen LogP contribution in [0.25, 0.3) is 0 Å². The Labute approximate surface area is 73.1 Å². The molecule has 64 valence electrons. The third kappa shape index (κ3) is 8.01. The fourth-order valence-corrected chi connectivity index (χ4v) is 0.274. The van der Waals surface area contributed by atoms with Crippen molar-refractivity contribution < 1.29 is 9.53 Å². The number of carbonyl (C=O) groups excluding carboxylic acids is 1. The predicted octanol–water partition coefficient (Wildman–Crippen LogP) is 0.740. The van der Waals surface area contributed by atoms with E-state index in [0.29, 0.717) is 6.61 Å². The highest BCUT2D eigenvalue weighted by Gasteiger charge is 2.05. The number of hydrogen-bond acceptors (Lipinski definition) is 3. The van der Waals surface area contributed by atoms with Gasteiger partial charge in [0.15, 0.2) is 0 Å². The number of halogens is 2. The van der Waals surface area contributed by atoms with Gasteiger partial charge in [0.25, 0.3) is 0 Å². The molecule has 0 aromatic heterocycles. The lowest BCUT2D eigenvalue weighted by Crippen LogP contribution is -2.28. The van der Waals surface area contributed by atoms with E-state index < -0.39 is 6.04 Å². The minimum absolute atomic E-state index is 0. The molecule has 0 bridgehead atoms. The van der Waals surface area contributed by atoms with Gasteiger partial charge in [-0.05, 0) is 13.8 Å². The summed E-state index contributed by atoms with van der Waals surface area (Å²) in [5.74, 6) is -0.340. The molecule has 0 radical (unpaired) electrons. The summed E-state index contributed by atoms with van der Waals surface area (Å²) in [4.78, 5) is 10.4. The molecule has 5 heteroatoms. The van der Waals surface area contributed by atoms with Crippen molar-refractivity contribution in [2.45, 2.75) is 19.9 Å². The maximum atomic E-state index is 10.4. The van der Waals surface area contributed by atoms with Crippen LogP contribution in [-0.2, 0) is 9.53 Å². The van der Waals surface area contributed by atoms with E-state index in [2.05, 4.69) is 4.74 Å². The zero-order valence-electron chi connectivity index (χ0n) is 5.99. The number of esters is 1. The van der Waals surface area contributed by atoms with E-state index >= 15 is 0 Å². The summed E-state index contributed by atoms with van der Waals surface area (Å²) in [5.41, 5.74) is 5.15. The molecule has 0 amide bonds. The fourth-order valence-electron chi connectivity index (χ4n) is 0.274. The van der Waals surface area contributed by atoms with E-state index in [9.17, 15) is 4.79 Å². The van der Waals surface area contributed by atoms with Crippen LogP contribution in [0.2, 0.25) is 0 Å². The first-order valence-corrected chi connectivity index (χ1v) is 2.60. The number of ether oxygens (including phenoxy) is 1.